The first-order valence-electron chi connectivity index (χ1n) is 8.27. The molecule has 0 aliphatic heterocycles. The maximum absolute atomic E-state index is 4.55. The number of benzene rings is 1. The summed E-state index contributed by atoms with van der Waals surface area (Å²) in [4.78, 5) is 5.78. The monoisotopic (exact) mass is 325 g/mol. The quantitative estimate of drug-likeness (QED) is 0.580. The van der Waals surface area contributed by atoms with E-state index in [4.69, 9.17) is 0 Å². The summed E-state index contributed by atoms with van der Waals surface area (Å²) in [6.45, 7) is 5.42. The summed E-state index contributed by atoms with van der Waals surface area (Å²) in [6, 6.07) is 12.8. The number of nitrogens with one attached hydrogen (secondary N) is 1. The normalized spacial score (nSPS) is 11.0. The van der Waals surface area contributed by atoms with Crippen molar-refractivity contribution in [3.8, 4) is 0 Å². The molecule has 1 N–H and O–H groups in total. The Balaban J connectivity index is 1.78. The fourth-order valence-electron chi connectivity index (χ4n) is 2.59. The summed E-state index contributed by atoms with van der Waals surface area (Å²) in [5, 5.41) is 1.21. The standard InChI is InChI=1S/C19H23N3S/c1-3-5-13-22-14-18(17-7-6-12-20-19(17)22)23-21-16-10-8-15(4-2)9-11-16/h6-12,14,21H,3-5,13H2,1-2H3. The molecule has 0 aliphatic rings. The molecule has 3 nitrogen and oxygen atoms in total. The molecule has 23 heavy (non-hydrogen) atoms. The van der Waals surface area contributed by atoms with Gasteiger partial charge < -0.3 is 9.29 Å². The average Bonchev–Trinajstić information content (AvgIpc) is 2.96. The largest absolute Gasteiger partial charge is 0.331 e. The predicted octanol–water partition coefficient (Wildman–Crippen LogP) is 5.52. The third-order valence-corrected chi connectivity index (χ3v) is 4.87. The minimum atomic E-state index is 1.02. The van der Waals surface area contributed by atoms with Crippen molar-refractivity contribution >= 4 is 28.7 Å². The van der Waals surface area contributed by atoms with Crippen molar-refractivity contribution in [1.29, 1.82) is 0 Å². The van der Waals surface area contributed by atoms with Crippen LogP contribution >= 0.6 is 11.9 Å². The topological polar surface area (TPSA) is 29.9 Å². The first-order chi connectivity index (χ1) is 11.3. The zero-order valence-corrected chi connectivity index (χ0v) is 14.6. The molecule has 0 spiro atoms. The minimum absolute atomic E-state index is 1.02. The van der Waals surface area contributed by atoms with Crippen LogP contribution in [0.15, 0.2) is 53.7 Å². The average molecular weight is 325 g/mol. The molecule has 0 saturated heterocycles. The molecule has 3 rings (SSSR count). The first kappa shape index (κ1) is 15.9. The lowest BCUT2D eigenvalue weighted by molar-refractivity contribution is 0.643. The van der Waals surface area contributed by atoms with Gasteiger partial charge in [0, 0.05) is 30.0 Å². The second-order valence-corrected chi connectivity index (χ2v) is 6.52. The third kappa shape index (κ3) is 3.70. The Bertz CT molecular complexity index is 762. The molecule has 0 aliphatic carbocycles. The lowest BCUT2D eigenvalue weighted by Crippen LogP contribution is -1.96. The lowest BCUT2D eigenvalue weighted by atomic mass is 10.2. The summed E-state index contributed by atoms with van der Waals surface area (Å²) in [5.74, 6) is 0. The van der Waals surface area contributed by atoms with E-state index in [9.17, 15) is 0 Å². The molecule has 0 radical (unpaired) electrons. The molecule has 3 aromatic rings. The molecule has 0 fully saturated rings. The molecular formula is C19H23N3S. The Morgan fingerprint density at radius 3 is 2.70 bits per heavy atom. The van der Waals surface area contributed by atoms with Gasteiger partial charge in [-0.2, -0.15) is 0 Å². The number of unbranched alkanes of at least 4 members (excludes halogenated alkanes) is 1. The Labute approximate surface area is 142 Å². The summed E-state index contributed by atoms with van der Waals surface area (Å²) in [5.41, 5.74) is 3.57. The molecule has 4 heteroatoms. The molecule has 0 unspecified atom stereocenters. The Kier molecular flexibility index (Phi) is 5.23. The van der Waals surface area contributed by atoms with Gasteiger partial charge in [-0.1, -0.05) is 32.4 Å². The van der Waals surface area contributed by atoms with Crippen LogP contribution < -0.4 is 4.72 Å². The zero-order chi connectivity index (χ0) is 16.1. The van der Waals surface area contributed by atoms with Gasteiger partial charge in [0.05, 0.1) is 4.90 Å². The lowest BCUT2D eigenvalue weighted by Gasteiger charge is -2.05. The first-order valence-corrected chi connectivity index (χ1v) is 9.09. The van der Waals surface area contributed by atoms with Crippen LogP contribution in [0.1, 0.15) is 32.3 Å². The van der Waals surface area contributed by atoms with Crippen molar-refractivity contribution in [3.05, 3.63) is 54.4 Å². The fraction of sp³-hybridized carbons (Fsp3) is 0.316. The molecule has 0 amide bonds. The van der Waals surface area contributed by atoms with E-state index < -0.39 is 0 Å². The van der Waals surface area contributed by atoms with E-state index in [-0.39, 0.29) is 0 Å². The van der Waals surface area contributed by atoms with Gasteiger partial charge in [-0.3, -0.25) is 0 Å². The third-order valence-electron chi connectivity index (χ3n) is 3.99. The van der Waals surface area contributed by atoms with Gasteiger partial charge >= 0.3 is 0 Å². The van der Waals surface area contributed by atoms with E-state index in [1.54, 1.807) is 11.9 Å². The number of aryl methyl sites for hydroxylation is 2. The number of rotatable bonds is 7. The van der Waals surface area contributed by atoms with E-state index >= 15 is 0 Å². The van der Waals surface area contributed by atoms with Gasteiger partial charge in [-0.15, -0.1) is 0 Å². The minimum Gasteiger partial charge on any atom is -0.331 e. The highest BCUT2D eigenvalue weighted by molar-refractivity contribution is 8.00. The number of hydrogen-bond donors (Lipinski definition) is 1. The summed E-state index contributed by atoms with van der Waals surface area (Å²) in [7, 11) is 0. The van der Waals surface area contributed by atoms with E-state index in [0.717, 1.165) is 24.3 Å². The van der Waals surface area contributed by atoms with Crippen molar-refractivity contribution in [2.24, 2.45) is 0 Å². The molecular weight excluding hydrogens is 302 g/mol. The SMILES string of the molecule is CCCCn1cc(SNc2ccc(CC)cc2)c2cccnc21. The van der Waals surface area contributed by atoms with Gasteiger partial charge in [-0.05, 0) is 54.6 Å². The highest BCUT2D eigenvalue weighted by atomic mass is 32.2. The number of pyridine rings is 1. The summed E-state index contributed by atoms with van der Waals surface area (Å²) >= 11 is 1.66. The molecule has 0 atom stereocenters. The molecule has 120 valence electrons. The highest BCUT2D eigenvalue weighted by Gasteiger charge is 2.09. The maximum Gasteiger partial charge on any atom is 0.141 e. The van der Waals surface area contributed by atoms with E-state index in [1.165, 1.54) is 28.7 Å². The number of anilines is 1. The van der Waals surface area contributed by atoms with Gasteiger partial charge in [-0.25, -0.2) is 4.98 Å². The van der Waals surface area contributed by atoms with E-state index in [0.29, 0.717) is 0 Å². The second-order valence-electron chi connectivity index (χ2n) is 5.67. The van der Waals surface area contributed by atoms with Crippen molar-refractivity contribution in [2.45, 2.75) is 44.6 Å². The van der Waals surface area contributed by atoms with Crippen LogP contribution in [0.4, 0.5) is 5.69 Å². The maximum atomic E-state index is 4.55. The molecule has 0 saturated carbocycles. The fourth-order valence-corrected chi connectivity index (χ4v) is 3.41. The molecule has 2 heterocycles. The van der Waals surface area contributed by atoms with Crippen LogP contribution in [0.5, 0.6) is 0 Å². The zero-order valence-electron chi connectivity index (χ0n) is 13.7. The van der Waals surface area contributed by atoms with Crippen molar-refractivity contribution in [3.63, 3.8) is 0 Å². The van der Waals surface area contributed by atoms with Crippen LogP contribution in [-0.4, -0.2) is 9.55 Å². The van der Waals surface area contributed by atoms with Crippen LogP contribution in [0.3, 0.4) is 0 Å². The van der Waals surface area contributed by atoms with Crippen LogP contribution in [0, 0.1) is 0 Å². The number of hydrogen-bond acceptors (Lipinski definition) is 3. The molecule has 2 aromatic heterocycles. The van der Waals surface area contributed by atoms with Gasteiger partial charge in [0.2, 0.25) is 0 Å². The van der Waals surface area contributed by atoms with Crippen LogP contribution in [0.2, 0.25) is 0 Å². The van der Waals surface area contributed by atoms with Crippen LogP contribution in [-0.2, 0) is 13.0 Å². The van der Waals surface area contributed by atoms with Gasteiger partial charge in [0.15, 0.2) is 0 Å². The van der Waals surface area contributed by atoms with Crippen molar-refractivity contribution < 1.29 is 0 Å². The Morgan fingerprint density at radius 2 is 1.96 bits per heavy atom. The number of nitrogens with zero attached hydrogens (tertiary/aromatic N) is 2. The Hall–Kier alpha value is -1.94. The van der Waals surface area contributed by atoms with Crippen molar-refractivity contribution in [2.75, 3.05) is 4.72 Å². The summed E-state index contributed by atoms with van der Waals surface area (Å²) in [6.07, 6.45) is 7.53. The predicted molar refractivity (Wildman–Crippen MR) is 99.9 cm³/mol. The highest BCUT2D eigenvalue weighted by Crippen LogP contribution is 2.30. The van der Waals surface area contributed by atoms with Crippen LogP contribution in [0.25, 0.3) is 11.0 Å². The smallest absolute Gasteiger partial charge is 0.141 e. The van der Waals surface area contributed by atoms with Gasteiger partial charge in [0.25, 0.3) is 0 Å². The molecule has 1 aromatic carbocycles. The second kappa shape index (κ2) is 7.55. The summed E-state index contributed by atoms with van der Waals surface area (Å²) < 4.78 is 5.72. The molecule has 0 bridgehead atoms. The van der Waals surface area contributed by atoms with Crippen molar-refractivity contribution in [1.82, 2.24) is 9.55 Å². The Morgan fingerprint density at radius 1 is 1.13 bits per heavy atom. The van der Waals surface area contributed by atoms with E-state index in [2.05, 4.69) is 64.6 Å². The van der Waals surface area contributed by atoms with Gasteiger partial charge in [0.1, 0.15) is 5.65 Å². The number of fused-ring (bicyclic) bond motifs is 1. The van der Waals surface area contributed by atoms with E-state index in [1.807, 2.05) is 12.3 Å². The number of aromatic nitrogens is 2.